The second-order valence-electron chi connectivity index (χ2n) is 10.3. The topological polar surface area (TPSA) is 95.8 Å². The maximum absolute atomic E-state index is 11.2. The van der Waals surface area contributed by atoms with Crippen molar-refractivity contribution in [3.05, 3.63) is 47.0 Å². The SMILES string of the molecule is CCCCCc1cc(O)c(-c2cc(C)ccc2C(C)C)c(OCCOCCOCCOCCOCCOCCO)c1. The Kier molecular flexibility index (Phi) is 18.3. The van der Waals surface area contributed by atoms with Crippen molar-refractivity contribution in [1.29, 1.82) is 0 Å². The minimum absolute atomic E-state index is 0.0235. The molecule has 41 heavy (non-hydrogen) atoms. The number of phenols is 1. The molecule has 0 aliphatic heterocycles. The van der Waals surface area contributed by atoms with Crippen LogP contribution in [0.15, 0.2) is 30.3 Å². The van der Waals surface area contributed by atoms with E-state index in [1.807, 2.05) is 6.07 Å². The second kappa shape index (κ2) is 21.5. The van der Waals surface area contributed by atoms with E-state index in [9.17, 15) is 5.11 Å². The summed E-state index contributed by atoms with van der Waals surface area (Å²) in [5, 5.41) is 19.8. The van der Waals surface area contributed by atoms with Crippen LogP contribution in [-0.2, 0) is 30.1 Å². The molecule has 0 aliphatic carbocycles. The molecule has 0 aromatic heterocycles. The molecular weight excluding hydrogens is 524 g/mol. The molecular formula is C33H52O8. The predicted molar refractivity (Wildman–Crippen MR) is 162 cm³/mol. The van der Waals surface area contributed by atoms with Gasteiger partial charge in [0, 0.05) is 0 Å². The van der Waals surface area contributed by atoms with Gasteiger partial charge in [0.2, 0.25) is 0 Å². The summed E-state index contributed by atoms with van der Waals surface area (Å²) >= 11 is 0. The molecule has 0 unspecified atom stereocenters. The molecule has 2 aromatic carbocycles. The number of aliphatic hydroxyl groups excluding tert-OH is 1. The lowest BCUT2D eigenvalue weighted by molar-refractivity contribution is -0.0146. The first-order valence-electron chi connectivity index (χ1n) is 15.1. The van der Waals surface area contributed by atoms with Crippen molar-refractivity contribution in [3.8, 4) is 22.6 Å². The number of hydrogen-bond donors (Lipinski definition) is 2. The van der Waals surface area contributed by atoms with E-state index in [0.717, 1.165) is 47.9 Å². The first kappa shape index (κ1) is 35.0. The van der Waals surface area contributed by atoms with Gasteiger partial charge in [0.25, 0.3) is 0 Å². The van der Waals surface area contributed by atoms with Gasteiger partial charge < -0.3 is 38.6 Å². The van der Waals surface area contributed by atoms with E-state index < -0.39 is 0 Å². The van der Waals surface area contributed by atoms with E-state index in [4.69, 9.17) is 33.5 Å². The third kappa shape index (κ3) is 14.0. The molecule has 0 bridgehead atoms. The Labute approximate surface area is 246 Å². The van der Waals surface area contributed by atoms with Crippen LogP contribution in [0, 0.1) is 6.92 Å². The molecule has 0 saturated heterocycles. The zero-order chi connectivity index (χ0) is 29.7. The minimum atomic E-state index is 0.0235. The van der Waals surface area contributed by atoms with Gasteiger partial charge in [-0.3, -0.25) is 0 Å². The zero-order valence-electron chi connectivity index (χ0n) is 25.6. The lowest BCUT2D eigenvalue weighted by Gasteiger charge is -2.20. The average molecular weight is 577 g/mol. The minimum Gasteiger partial charge on any atom is -0.507 e. The Morgan fingerprint density at radius 2 is 1.27 bits per heavy atom. The van der Waals surface area contributed by atoms with E-state index in [2.05, 4.69) is 52.0 Å². The van der Waals surface area contributed by atoms with Crippen LogP contribution in [0.25, 0.3) is 11.1 Å². The van der Waals surface area contributed by atoms with Gasteiger partial charge >= 0.3 is 0 Å². The van der Waals surface area contributed by atoms with E-state index in [1.165, 1.54) is 5.56 Å². The molecule has 232 valence electrons. The monoisotopic (exact) mass is 576 g/mol. The highest BCUT2D eigenvalue weighted by atomic mass is 16.6. The summed E-state index contributed by atoms with van der Waals surface area (Å²) in [5.41, 5.74) is 5.18. The maximum atomic E-state index is 11.2. The van der Waals surface area contributed by atoms with E-state index in [1.54, 1.807) is 0 Å². The third-order valence-electron chi connectivity index (χ3n) is 6.52. The fraction of sp³-hybridized carbons (Fsp3) is 0.636. The van der Waals surface area contributed by atoms with Crippen molar-refractivity contribution in [3.63, 3.8) is 0 Å². The van der Waals surface area contributed by atoms with Crippen LogP contribution < -0.4 is 4.74 Å². The van der Waals surface area contributed by atoms with Gasteiger partial charge in [0.15, 0.2) is 0 Å². The summed E-state index contributed by atoms with van der Waals surface area (Å²) in [4.78, 5) is 0. The Morgan fingerprint density at radius 1 is 0.707 bits per heavy atom. The highest BCUT2D eigenvalue weighted by molar-refractivity contribution is 5.80. The molecule has 8 heteroatoms. The van der Waals surface area contributed by atoms with E-state index in [0.29, 0.717) is 84.3 Å². The van der Waals surface area contributed by atoms with Crippen LogP contribution in [0.1, 0.15) is 62.6 Å². The summed E-state index contributed by atoms with van der Waals surface area (Å²) in [6.07, 6.45) is 4.31. The summed E-state index contributed by atoms with van der Waals surface area (Å²) in [6, 6.07) is 10.4. The number of rotatable bonds is 24. The Morgan fingerprint density at radius 3 is 1.80 bits per heavy atom. The molecule has 0 saturated carbocycles. The molecule has 2 rings (SSSR count). The summed E-state index contributed by atoms with van der Waals surface area (Å²) in [5.74, 6) is 1.27. The fourth-order valence-electron chi connectivity index (χ4n) is 4.41. The first-order chi connectivity index (χ1) is 20.0. The Bertz CT molecular complexity index is 962. The highest BCUT2D eigenvalue weighted by Gasteiger charge is 2.19. The number of benzene rings is 2. The highest BCUT2D eigenvalue weighted by Crippen LogP contribution is 2.43. The summed E-state index contributed by atoms with van der Waals surface area (Å²) < 4.78 is 33.5. The predicted octanol–water partition coefficient (Wildman–Crippen LogP) is 5.68. The fourth-order valence-corrected chi connectivity index (χ4v) is 4.41. The second-order valence-corrected chi connectivity index (χ2v) is 10.3. The Hall–Kier alpha value is -2.20. The van der Waals surface area contributed by atoms with Crippen molar-refractivity contribution in [1.82, 2.24) is 0 Å². The lowest BCUT2D eigenvalue weighted by atomic mass is 9.89. The number of aromatic hydroxyl groups is 1. The zero-order valence-corrected chi connectivity index (χ0v) is 25.6. The van der Waals surface area contributed by atoms with Crippen molar-refractivity contribution >= 4 is 0 Å². The first-order valence-corrected chi connectivity index (χ1v) is 15.1. The normalized spacial score (nSPS) is 11.5. The van der Waals surface area contributed by atoms with E-state index >= 15 is 0 Å². The molecule has 0 spiro atoms. The van der Waals surface area contributed by atoms with Gasteiger partial charge in [-0.1, -0.05) is 57.4 Å². The number of hydrogen-bond acceptors (Lipinski definition) is 8. The molecule has 2 N–H and O–H groups in total. The molecule has 0 amide bonds. The van der Waals surface area contributed by atoms with Crippen LogP contribution in [0.3, 0.4) is 0 Å². The molecule has 0 aliphatic rings. The van der Waals surface area contributed by atoms with Crippen LogP contribution in [-0.4, -0.2) is 89.5 Å². The molecule has 0 radical (unpaired) electrons. The van der Waals surface area contributed by atoms with Crippen LogP contribution in [0.5, 0.6) is 11.5 Å². The molecule has 0 fully saturated rings. The van der Waals surface area contributed by atoms with Crippen molar-refractivity contribution in [2.75, 3.05) is 79.3 Å². The number of unbranched alkanes of at least 4 members (excludes halogenated alkanes) is 2. The van der Waals surface area contributed by atoms with Crippen LogP contribution in [0.2, 0.25) is 0 Å². The maximum Gasteiger partial charge on any atom is 0.131 e. The smallest absolute Gasteiger partial charge is 0.131 e. The van der Waals surface area contributed by atoms with Gasteiger partial charge in [0.05, 0.1) is 78.2 Å². The number of aryl methyl sites for hydroxylation is 2. The molecule has 2 aromatic rings. The number of aliphatic hydroxyl groups is 1. The third-order valence-corrected chi connectivity index (χ3v) is 6.52. The lowest BCUT2D eigenvalue weighted by Crippen LogP contribution is -2.14. The summed E-state index contributed by atoms with van der Waals surface area (Å²) in [6.45, 7) is 13.6. The van der Waals surface area contributed by atoms with Crippen molar-refractivity contribution < 1.29 is 38.6 Å². The summed E-state index contributed by atoms with van der Waals surface area (Å²) in [7, 11) is 0. The average Bonchev–Trinajstić information content (AvgIpc) is 2.94. The van der Waals surface area contributed by atoms with Crippen molar-refractivity contribution in [2.45, 2.75) is 59.3 Å². The number of phenolic OH excluding ortho intramolecular Hbond substituents is 1. The van der Waals surface area contributed by atoms with Crippen molar-refractivity contribution in [2.24, 2.45) is 0 Å². The van der Waals surface area contributed by atoms with Gasteiger partial charge in [-0.2, -0.15) is 0 Å². The van der Waals surface area contributed by atoms with Crippen LogP contribution in [0.4, 0.5) is 0 Å². The van der Waals surface area contributed by atoms with Crippen LogP contribution >= 0.6 is 0 Å². The Balaban J connectivity index is 1.78. The molecule has 0 atom stereocenters. The van der Waals surface area contributed by atoms with Gasteiger partial charge in [-0.05, 0) is 54.5 Å². The quantitative estimate of drug-likeness (QED) is 0.154. The standard InChI is InChI=1S/C33H52O8/c1-5-6-7-8-28-24-31(35)33(30-23-27(4)9-10-29(30)26(2)3)32(25-28)41-22-21-40-20-19-39-18-17-38-16-15-37-14-13-36-12-11-34/h9-10,23-26,34-35H,5-8,11-22H2,1-4H3. The number of ether oxygens (including phenoxy) is 6. The van der Waals surface area contributed by atoms with E-state index in [-0.39, 0.29) is 12.4 Å². The van der Waals surface area contributed by atoms with Gasteiger partial charge in [-0.25, -0.2) is 0 Å². The largest absolute Gasteiger partial charge is 0.507 e. The van der Waals surface area contributed by atoms with Gasteiger partial charge in [-0.15, -0.1) is 0 Å². The molecule has 0 heterocycles. The molecule has 8 nitrogen and oxygen atoms in total. The van der Waals surface area contributed by atoms with Gasteiger partial charge in [0.1, 0.15) is 18.1 Å².